The molecule has 1 N–H and O–H groups in total. The molecule has 2 heterocycles. The minimum atomic E-state index is -0.808. The quantitative estimate of drug-likeness (QED) is 0.582. The number of benzene rings is 2. The molecule has 9 heteroatoms. The molecule has 33 heavy (non-hydrogen) atoms. The molecule has 1 aromatic heterocycles. The van der Waals surface area contributed by atoms with E-state index >= 15 is 0 Å². The van der Waals surface area contributed by atoms with E-state index < -0.39 is 17.8 Å². The second kappa shape index (κ2) is 9.03. The summed E-state index contributed by atoms with van der Waals surface area (Å²) in [5.41, 5.74) is 1.52. The van der Waals surface area contributed by atoms with Crippen molar-refractivity contribution < 1.29 is 23.8 Å². The Morgan fingerprint density at radius 1 is 1.27 bits per heavy atom. The lowest BCUT2D eigenvalue weighted by Gasteiger charge is -2.24. The molecule has 0 radical (unpaired) electrons. The van der Waals surface area contributed by atoms with Crippen molar-refractivity contribution in [1.82, 2.24) is 4.57 Å². The average Bonchev–Trinajstić information content (AvgIpc) is 3.09. The Hall–Kier alpha value is -3.72. The predicted octanol–water partition coefficient (Wildman–Crippen LogP) is 2.65. The van der Waals surface area contributed by atoms with E-state index in [4.69, 9.17) is 9.47 Å². The van der Waals surface area contributed by atoms with Crippen LogP contribution >= 0.6 is 11.3 Å². The van der Waals surface area contributed by atoms with Gasteiger partial charge in [0.05, 0.1) is 35.6 Å². The minimum Gasteiger partial charge on any atom is -0.504 e. The standard InChI is InChI=1S/C24H21FN2O5S/c1-4-32-23(30)20-13(2)26-24-27(21(20)15-6-8-16(25)9-7-15)22(29)19(33-24)12-14-5-10-17(28)18(11-14)31-3/h5-12,21,28H,4H2,1-3H3/b19-12-/t21-/m0/s1. The van der Waals surface area contributed by atoms with Gasteiger partial charge in [-0.05, 0) is 55.3 Å². The van der Waals surface area contributed by atoms with E-state index in [1.165, 1.54) is 41.2 Å². The summed E-state index contributed by atoms with van der Waals surface area (Å²) in [6, 6.07) is 9.59. The van der Waals surface area contributed by atoms with Gasteiger partial charge in [-0.3, -0.25) is 9.36 Å². The fourth-order valence-electron chi connectivity index (χ4n) is 3.69. The maximum atomic E-state index is 13.6. The fourth-order valence-corrected chi connectivity index (χ4v) is 4.73. The van der Waals surface area contributed by atoms with E-state index in [1.54, 1.807) is 44.2 Å². The molecule has 0 aliphatic carbocycles. The molecule has 1 atom stereocenters. The van der Waals surface area contributed by atoms with Gasteiger partial charge in [0.15, 0.2) is 16.3 Å². The summed E-state index contributed by atoms with van der Waals surface area (Å²) in [6.07, 6.45) is 1.66. The van der Waals surface area contributed by atoms with E-state index in [2.05, 4.69) is 4.99 Å². The largest absolute Gasteiger partial charge is 0.504 e. The normalized spacial score (nSPS) is 15.8. The Labute approximate surface area is 192 Å². The van der Waals surface area contributed by atoms with Gasteiger partial charge in [0, 0.05) is 0 Å². The van der Waals surface area contributed by atoms with Crippen molar-refractivity contribution >= 4 is 23.4 Å². The summed E-state index contributed by atoms with van der Waals surface area (Å²) in [5, 5.41) is 9.83. The molecule has 0 saturated heterocycles. The lowest BCUT2D eigenvalue weighted by molar-refractivity contribution is -0.139. The third-order valence-electron chi connectivity index (χ3n) is 5.20. The average molecular weight is 469 g/mol. The van der Waals surface area contributed by atoms with Crippen molar-refractivity contribution in [2.75, 3.05) is 13.7 Å². The number of carbonyl (C=O) groups excluding carboxylic acids is 1. The first-order chi connectivity index (χ1) is 15.8. The van der Waals surface area contributed by atoms with Crippen LogP contribution in [-0.4, -0.2) is 29.4 Å². The van der Waals surface area contributed by atoms with Crippen molar-refractivity contribution in [2.45, 2.75) is 19.9 Å². The molecule has 0 amide bonds. The molecule has 2 aromatic carbocycles. The Balaban J connectivity index is 1.94. The number of aromatic hydroxyl groups is 1. The molecule has 0 bridgehead atoms. The van der Waals surface area contributed by atoms with Gasteiger partial charge < -0.3 is 14.6 Å². The lowest BCUT2D eigenvalue weighted by Crippen LogP contribution is -2.39. The Bertz CT molecular complexity index is 1440. The van der Waals surface area contributed by atoms with Gasteiger partial charge >= 0.3 is 5.97 Å². The molecule has 0 saturated carbocycles. The fraction of sp³-hybridized carbons (Fsp3) is 0.208. The zero-order chi connectivity index (χ0) is 23.7. The highest BCUT2D eigenvalue weighted by Gasteiger charge is 2.33. The van der Waals surface area contributed by atoms with Crippen molar-refractivity contribution in [3.05, 3.63) is 90.4 Å². The number of thiazole rings is 1. The number of allylic oxidation sites excluding steroid dienone is 1. The van der Waals surface area contributed by atoms with Crippen molar-refractivity contribution in [3.63, 3.8) is 0 Å². The number of nitrogens with zero attached hydrogens (tertiary/aromatic N) is 2. The number of carbonyl (C=O) groups is 1. The number of phenols is 1. The molecule has 0 fully saturated rings. The third kappa shape index (κ3) is 4.19. The van der Waals surface area contributed by atoms with Crippen molar-refractivity contribution in [3.8, 4) is 11.5 Å². The van der Waals surface area contributed by atoms with Crippen LogP contribution in [0.3, 0.4) is 0 Å². The maximum Gasteiger partial charge on any atom is 0.338 e. The van der Waals surface area contributed by atoms with E-state index in [0.29, 0.717) is 26.2 Å². The van der Waals surface area contributed by atoms with Crippen LogP contribution in [0.5, 0.6) is 11.5 Å². The zero-order valence-electron chi connectivity index (χ0n) is 18.2. The van der Waals surface area contributed by atoms with Crippen LogP contribution < -0.4 is 19.6 Å². The zero-order valence-corrected chi connectivity index (χ0v) is 19.0. The number of esters is 1. The van der Waals surface area contributed by atoms with Crippen molar-refractivity contribution in [1.29, 1.82) is 0 Å². The third-order valence-corrected chi connectivity index (χ3v) is 6.19. The molecule has 1 aliphatic heterocycles. The first-order valence-corrected chi connectivity index (χ1v) is 11.0. The highest BCUT2D eigenvalue weighted by molar-refractivity contribution is 7.07. The van der Waals surface area contributed by atoms with Gasteiger partial charge in [-0.1, -0.05) is 29.5 Å². The Morgan fingerprint density at radius 3 is 2.67 bits per heavy atom. The van der Waals surface area contributed by atoms with Crippen molar-refractivity contribution in [2.24, 2.45) is 4.99 Å². The Kier molecular flexibility index (Phi) is 6.15. The number of hydrogen-bond acceptors (Lipinski definition) is 7. The first-order valence-electron chi connectivity index (χ1n) is 10.2. The van der Waals surface area contributed by atoms with E-state index in [9.17, 15) is 19.1 Å². The molecule has 0 spiro atoms. The molecular weight excluding hydrogens is 447 g/mol. The predicted molar refractivity (Wildman–Crippen MR) is 121 cm³/mol. The van der Waals surface area contributed by atoms with Crippen LogP contribution in [0.4, 0.5) is 4.39 Å². The topological polar surface area (TPSA) is 90.1 Å². The van der Waals surface area contributed by atoms with E-state index in [-0.39, 0.29) is 29.2 Å². The molecule has 4 rings (SSSR count). The number of ether oxygens (including phenoxy) is 2. The monoisotopic (exact) mass is 468 g/mol. The first kappa shape index (κ1) is 22.5. The molecule has 1 aliphatic rings. The van der Waals surface area contributed by atoms with Gasteiger partial charge in [0.25, 0.3) is 5.56 Å². The maximum absolute atomic E-state index is 13.6. The summed E-state index contributed by atoms with van der Waals surface area (Å²) in [6.45, 7) is 3.55. The SMILES string of the molecule is CCOC(=O)C1=C(C)N=c2s/c(=C\c3ccc(O)c(OC)c3)c(=O)n2[C@H]1c1ccc(F)cc1. The van der Waals surface area contributed by atoms with E-state index in [0.717, 1.165) is 0 Å². The molecule has 7 nitrogen and oxygen atoms in total. The van der Waals surface area contributed by atoms with Crippen LogP contribution in [0.1, 0.15) is 31.0 Å². The van der Waals surface area contributed by atoms with Crippen LogP contribution in [-0.2, 0) is 9.53 Å². The highest BCUT2D eigenvalue weighted by Crippen LogP contribution is 2.31. The number of fused-ring (bicyclic) bond motifs is 1. The van der Waals surface area contributed by atoms with E-state index in [1.807, 2.05) is 0 Å². The summed E-state index contributed by atoms with van der Waals surface area (Å²) in [7, 11) is 1.44. The molecule has 170 valence electrons. The number of methoxy groups -OCH3 is 1. The number of halogens is 1. The molecular formula is C24H21FN2O5S. The van der Waals surface area contributed by atoms with Crippen LogP contribution in [0.2, 0.25) is 0 Å². The lowest BCUT2D eigenvalue weighted by atomic mass is 9.96. The number of phenolic OH excluding ortho intramolecular Hbond substituents is 1. The molecule has 3 aromatic rings. The summed E-state index contributed by atoms with van der Waals surface area (Å²) in [5.74, 6) is -0.736. The number of aromatic nitrogens is 1. The molecule has 0 unspecified atom stereocenters. The minimum absolute atomic E-state index is 0.0119. The summed E-state index contributed by atoms with van der Waals surface area (Å²) < 4.78 is 25.8. The highest BCUT2D eigenvalue weighted by atomic mass is 32.1. The Morgan fingerprint density at radius 2 is 2.00 bits per heavy atom. The number of hydrogen-bond donors (Lipinski definition) is 1. The van der Waals surface area contributed by atoms with Gasteiger partial charge in [-0.25, -0.2) is 14.2 Å². The smallest absolute Gasteiger partial charge is 0.338 e. The summed E-state index contributed by atoms with van der Waals surface area (Å²) in [4.78, 5) is 31.2. The van der Waals surface area contributed by atoms with Gasteiger partial charge in [0.2, 0.25) is 0 Å². The van der Waals surface area contributed by atoms with Gasteiger partial charge in [-0.15, -0.1) is 0 Å². The second-order valence-electron chi connectivity index (χ2n) is 7.29. The van der Waals surface area contributed by atoms with Crippen LogP contribution in [0, 0.1) is 5.82 Å². The van der Waals surface area contributed by atoms with Gasteiger partial charge in [-0.2, -0.15) is 0 Å². The second-order valence-corrected chi connectivity index (χ2v) is 8.29. The number of rotatable bonds is 5. The van der Waals surface area contributed by atoms with Crippen LogP contribution in [0.15, 0.2) is 63.5 Å². The van der Waals surface area contributed by atoms with Gasteiger partial charge in [0.1, 0.15) is 5.82 Å². The van der Waals surface area contributed by atoms with Crippen LogP contribution in [0.25, 0.3) is 6.08 Å². The summed E-state index contributed by atoms with van der Waals surface area (Å²) >= 11 is 1.17.